The zero-order chi connectivity index (χ0) is 16.7. The van der Waals surface area contributed by atoms with Gasteiger partial charge in [-0.2, -0.15) is 4.31 Å². The first kappa shape index (κ1) is 17.6. The third-order valence-corrected chi connectivity index (χ3v) is 5.28. The summed E-state index contributed by atoms with van der Waals surface area (Å²) in [6.07, 6.45) is 4.75. The highest BCUT2D eigenvalue weighted by Gasteiger charge is 2.17. The van der Waals surface area contributed by atoms with Crippen molar-refractivity contribution in [3.8, 4) is 0 Å². The first-order valence-electron chi connectivity index (χ1n) is 7.08. The average Bonchev–Trinajstić information content (AvgIpc) is 2.99. The molecule has 0 radical (unpaired) electrons. The van der Waals surface area contributed by atoms with E-state index in [1.165, 1.54) is 15.6 Å². The van der Waals surface area contributed by atoms with Gasteiger partial charge in [0, 0.05) is 36.9 Å². The summed E-state index contributed by atoms with van der Waals surface area (Å²) in [5.41, 5.74) is 0.808. The number of nitrogens with zero attached hydrogens (tertiary/aromatic N) is 2. The number of aromatic nitrogens is 1. The second kappa shape index (κ2) is 8.19. The second-order valence-electron chi connectivity index (χ2n) is 5.06. The first-order valence-corrected chi connectivity index (χ1v) is 9.81. The van der Waals surface area contributed by atoms with Gasteiger partial charge in [0.15, 0.2) is 0 Å². The summed E-state index contributed by atoms with van der Waals surface area (Å²) in [6, 6.07) is 7.38. The van der Waals surface area contributed by atoms with Crippen molar-refractivity contribution in [3.63, 3.8) is 0 Å². The third-order valence-electron chi connectivity index (χ3n) is 3.15. The fraction of sp³-hybridized carbons (Fsp3) is 0.333. The summed E-state index contributed by atoms with van der Waals surface area (Å²) in [5.74, 6) is -0.109. The molecule has 0 aromatic carbocycles. The van der Waals surface area contributed by atoms with E-state index < -0.39 is 10.0 Å². The first-order chi connectivity index (χ1) is 10.9. The number of sulfonamides is 1. The van der Waals surface area contributed by atoms with Crippen LogP contribution in [0.3, 0.4) is 0 Å². The molecule has 6 nitrogen and oxygen atoms in total. The van der Waals surface area contributed by atoms with Crippen molar-refractivity contribution >= 4 is 27.3 Å². The van der Waals surface area contributed by atoms with Crippen LogP contribution in [0.15, 0.2) is 42.0 Å². The van der Waals surface area contributed by atoms with E-state index >= 15 is 0 Å². The molecule has 0 aliphatic heterocycles. The van der Waals surface area contributed by atoms with E-state index in [0.29, 0.717) is 6.42 Å². The third kappa shape index (κ3) is 6.09. The fourth-order valence-corrected chi connectivity index (χ4v) is 3.52. The predicted molar refractivity (Wildman–Crippen MR) is 90.5 cm³/mol. The molecule has 0 aliphatic carbocycles. The van der Waals surface area contributed by atoms with Crippen LogP contribution in [-0.4, -0.2) is 43.0 Å². The summed E-state index contributed by atoms with van der Waals surface area (Å²) < 4.78 is 25.1. The van der Waals surface area contributed by atoms with Gasteiger partial charge >= 0.3 is 0 Å². The Hall–Kier alpha value is -1.77. The molecule has 0 bridgehead atoms. The maximum atomic E-state index is 11.9. The largest absolute Gasteiger partial charge is 0.354 e. The van der Waals surface area contributed by atoms with Gasteiger partial charge in [0.25, 0.3) is 0 Å². The van der Waals surface area contributed by atoms with Crippen LogP contribution in [0.1, 0.15) is 10.4 Å². The minimum atomic E-state index is -3.35. The molecule has 0 spiro atoms. The van der Waals surface area contributed by atoms with Gasteiger partial charge in [0.05, 0.1) is 12.7 Å². The van der Waals surface area contributed by atoms with E-state index in [-0.39, 0.29) is 25.5 Å². The zero-order valence-corrected chi connectivity index (χ0v) is 14.4. The number of pyridine rings is 1. The zero-order valence-electron chi connectivity index (χ0n) is 12.8. The molecule has 0 unspecified atom stereocenters. The van der Waals surface area contributed by atoms with E-state index in [2.05, 4.69) is 10.3 Å². The van der Waals surface area contributed by atoms with Gasteiger partial charge in [-0.15, -0.1) is 11.3 Å². The molecular formula is C15H19N3O3S2. The highest BCUT2D eigenvalue weighted by Crippen LogP contribution is 2.09. The molecule has 23 heavy (non-hydrogen) atoms. The van der Waals surface area contributed by atoms with Crippen molar-refractivity contribution in [1.29, 1.82) is 0 Å². The van der Waals surface area contributed by atoms with Gasteiger partial charge in [0.2, 0.25) is 15.9 Å². The van der Waals surface area contributed by atoms with Gasteiger partial charge in [-0.05, 0) is 23.1 Å². The van der Waals surface area contributed by atoms with Crippen molar-refractivity contribution in [2.45, 2.75) is 13.0 Å². The maximum Gasteiger partial charge on any atom is 0.225 e. The summed E-state index contributed by atoms with van der Waals surface area (Å²) in [7, 11) is -3.35. The minimum Gasteiger partial charge on any atom is -0.354 e. The smallest absolute Gasteiger partial charge is 0.225 e. The SMILES string of the molecule is CS(=O)(=O)N(CCNC(=O)Cc1cccs1)Cc1cccnc1. The van der Waals surface area contributed by atoms with E-state index in [9.17, 15) is 13.2 Å². The molecule has 2 aromatic heterocycles. The van der Waals surface area contributed by atoms with Gasteiger partial charge in [0.1, 0.15) is 0 Å². The van der Waals surface area contributed by atoms with Crippen LogP contribution in [0.4, 0.5) is 0 Å². The molecule has 0 fully saturated rings. The number of rotatable bonds is 8. The lowest BCUT2D eigenvalue weighted by Gasteiger charge is -2.20. The number of thiophene rings is 1. The monoisotopic (exact) mass is 353 g/mol. The van der Waals surface area contributed by atoms with E-state index in [1.807, 2.05) is 23.6 Å². The lowest BCUT2D eigenvalue weighted by atomic mass is 10.3. The number of carbonyl (C=O) groups is 1. The molecule has 2 rings (SSSR count). The van der Waals surface area contributed by atoms with Crippen molar-refractivity contribution in [2.24, 2.45) is 0 Å². The van der Waals surface area contributed by atoms with Gasteiger partial charge in [-0.1, -0.05) is 12.1 Å². The highest BCUT2D eigenvalue weighted by molar-refractivity contribution is 7.88. The molecule has 2 heterocycles. The standard InChI is InChI=1S/C15H19N3O3S2/c1-23(20,21)18(12-13-4-2-6-16-11-13)8-7-17-15(19)10-14-5-3-9-22-14/h2-6,9,11H,7-8,10,12H2,1H3,(H,17,19). The summed E-state index contributed by atoms with van der Waals surface area (Å²) in [4.78, 5) is 16.8. The lowest BCUT2D eigenvalue weighted by Crippen LogP contribution is -2.38. The van der Waals surface area contributed by atoms with Crippen molar-refractivity contribution < 1.29 is 13.2 Å². The van der Waals surface area contributed by atoms with Gasteiger partial charge in [-0.25, -0.2) is 8.42 Å². The summed E-state index contributed by atoms with van der Waals surface area (Å²) >= 11 is 1.52. The van der Waals surface area contributed by atoms with Crippen molar-refractivity contribution in [2.75, 3.05) is 19.3 Å². The van der Waals surface area contributed by atoms with Gasteiger partial charge < -0.3 is 5.32 Å². The summed E-state index contributed by atoms with van der Waals surface area (Å²) in [6.45, 7) is 0.745. The molecule has 0 atom stereocenters. The Morgan fingerprint density at radius 3 is 2.78 bits per heavy atom. The number of amides is 1. The maximum absolute atomic E-state index is 11.9. The molecule has 0 saturated carbocycles. The van der Waals surface area contributed by atoms with Crippen LogP contribution in [0, 0.1) is 0 Å². The fourth-order valence-electron chi connectivity index (χ4n) is 2.01. The Morgan fingerprint density at radius 1 is 1.35 bits per heavy atom. The van der Waals surface area contributed by atoms with Gasteiger partial charge in [-0.3, -0.25) is 9.78 Å². The van der Waals surface area contributed by atoms with Crippen LogP contribution < -0.4 is 5.32 Å². The normalized spacial score (nSPS) is 11.6. The molecule has 0 aliphatic rings. The topological polar surface area (TPSA) is 79.4 Å². The van der Waals surface area contributed by atoms with Crippen LogP contribution in [0.25, 0.3) is 0 Å². The van der Waals surface area contributed by atoms with Crippen LogP contribution in [-0.2, 0) is 27.8 Å². The van der Waals surface area contributed by atoms with Crippen molar-refractivity contribution in [1.82, 2.24) is 14.6 Å². The molecule has 1 N–H and O–H groups in total. The Morgan fingerprint density at radius 2 is 2.17 bits per heavy atom. The second-order valence-corrected chi connectivity index (χ2v) is 8.08. The van der Waals surface area contributed by atoms with E-state index in [4.69, 9.17) is 0 Å². The average molecular weight is 353 g/mol. The van der Waals surface area contributed by atoms with E-state index in [1.54, 1.807) is 18.5 Å². The molecule has 124 valence electrons. The van der Waals surface area contributed by atoms with E-state index in [0.717, 1.165) is 16.7 Å². The molecule has 1 amide bonds. The number of carbonyl (C=O) groups excluding carboxylic acids is 1. The molecular weight excluding hydrogens is 334 g/mol. The quantitative estimate of drug-likeness (QED) is 0.775. The molecule has 8 heteroatoms. The Balaban J connectivity index is 1.85. The van der Waals surface area contributed by atoms with Crippen molar-refractivity contribution in [3.05, 3.63) is 52.5 Å². The highest BCUT2D eigenvalue weighted by atomic mass is 32.2. The molecule has 2 aromatic rings. The Labute approximate surface area is 140 Å². The van der Waals surface area contributed by atoms with Crippen LogP contribution in [0.5, 0.6) is 0 Å². The predicted octanol–water partition coefficient (Wildman–Crippen LogP) is 1.26. The summed E-state index contributed by atoms with van der Waals surface area (Å²) in [5, 5.41) is 4.67. The van der Waals surface area contributed by atoms with Crippen LogP contribution >= 0.6 is 11.3 Å². The lowest BCUT2D eigenvalue weighted by molar-refractivity contribution is -0.120. The Bertz CT molecular complexity index is 716. The molecule has 0 saturated heterocycles. The number of hydrogen-bond donors (Lipinski definition) is 1. The number of nitrogens with one attached hydrogen (secondary N) is 1. The Kier molecular flexibility index (Phi) is 6.26. The van der Waals surface area contributed by atoms with Crippen LogP contribution in [0.2, 0.25) is 0 Å². The minimum absolute atomic E-state index is 0.109. The number of hydrogen-bond acceptors (Lipinski definition) is 5.